The summed E-state index contributed by atoms with van der Waals surface area (Å²) in [6, 6.07) is 10.3. The van der Waals surface area contributed by atoms with Crippen molar-refractivity contribution in [3.63, 3.8) is 0 Å². The normalized spacial score (nSPS) is 17.4. The smallest absolute Gasteiger partial charge is 0.201 e. The molecule has 164 valence electrons. The van der Waals surface area contributed by atoms with Gasteiger partial charge < -0.3 is 0 Å². The van der Waals surface area contributed by atoms with Crippen molar-refractivity contribution >= 4 is 0 Å². The fourth-order valence-corrected chi connectivity index (χ4v) is 3.40. The average molecular weight is 435 g/mol. The molecule has 1 aromatic heterocycles. The molecule has 3 aromatic rings. The van der Waals surface area contributed by atoms with Gasteiger partial charge in [-0.05, 0) is 73.4 Å². The minimum atomic E-state index is -4.79. The lowest BCUT2D eigenvalue weighted by atomic mass is 9.84. The number of rotatable bonds is 4. The quantitative estimate of drug-likeness (QED) is 0.382. The SMILES string of the molecule is [2H]C([2H])([2H])c1c[n+](C)c(-c2cc(-c3ccc(C([2H])([2H])C(C)(C)C(F)(F)F)cc3)c(C([2H])([2H])[2H])cc2C)cc1C. The Morgan fingerprint density at radius 2 is 1.52 bits per heavy atom. The molecule has 31 heavy (non-hydrogen) atoms. The molecule has 0 atom stereocenters. The second-order valence-electron chi connectivity index (χ2n) is 8.40. The van der Waals surface area contributed by atoms with Crippen molar-refractivity contribution in [3.8, 4) is 22.4 Å². The van der Waals surface area contributed by atoms with Gasteiger partial charge in [-0.25, -0.2) is 4.57 Å². The topological polar surface area (TPSA) is 3.88 Å². The third kappa shape index (κ3) is 4.68. The second-order valence-corrected chi connectivity index (χ2v) is 8.40. The molecule has 0 spiro atoms. The van der Waals surface area contributed by atoms with Crippen LogP contribution in [0.15, 0.2) is 48.7 Å². The number of benzene rings is 2. The van der Waals surface area contributed by atoms with E-state index in [9.17, 15) is 13.2 Å². The number of aromatic nitrogens is 1. The van der Waals surface area contributed by atoms with Crippen LogP contribution in [0.2, 0.25) is 0 Å². The summed E-state index contributed by atoms with van der Waals surface area (Å²) in [5.41, 5.74) is 0.569. The third-order valence-electron chi connectivity index (χ3n) is 5.48. The molecule has 0 saturated carbocycles. The predicted octanol–water partition coefficient (Wildman–Crippen LogP) is 7.21. The van der Waals surface area contributed by atoms with Gasteiger partial charge in [0.05, 0.1) is 5.41 Å². The maximum absolute atomic E-state index is 13.6. The Morgan fingerprint density at radius 3 is 2.10 bits per heavy atom. The Morgan fingerprint density at radius 1 is 0.871 bits per heavy atom. The summed E-state index contributed by atoms with van der Waals surface area (Å²) in [6.45, 7) is 0.233. The van der Waals surface area contributed by atoms with Gasteiger partial charge in [0.2, 0.25) is 5.69 Å². The Labute approximate surface area is 194 Å². The first-order valence-corrected chi connectivity index (χ1v) is 9.84. The number of halogens is 3. The van der Waals surface area contributed by atoms with Crippen LogP contribution in [-0.2, 0) is 13.4 Å². The lowest BCUT2D eigenvalue weighted by Crippen LogP contribution is -2.34. The number of nitrogens with zero attached hydrogens (tertiary/aromatic N) is 1. The Bertz CT molecular complexity index is 1390. The molecule has 2 aromatic carbocycles. The molecule has 0 radical (unpaired) electrons. The first kappa shape index (κ1) is 14.4. The van der Waals surface area contributed by atoms with E-state index in [1.165, 1.54) is 36.5 Å². The number of alkyl halides is 3. The van der Waals surface area contributed by atoms with Crippen molar-refractivity contribution in [1.29, 1.82) is 0 Å². The van der Waals surface area contributed by atoms with Gasteiger partial charge in [-0.2, -0.15) is 13.2 Å². The van der Waals surface area contributed by atoms with Gasteiger partial charge in [-0.15, -0.1) is 0 Å². The van der Waals surface area contributed by atoms with Gasteiger partial charge in [0, 0.05) is 28.2 Å². The Hall–Kier alpha value is -2.62. The molecule has 0 aliphatic heterocycles. The van der Waals surface area contributed by atoms with E-state index in [0.717, 1.165) is 13.8 Å². The van der Waals surface area contributed by atoms with Crippen LogP contribution in [0.4, 0.5) is 13.2 Å². The van der Waals surface area contributed by atoms with E-state index in [4.69, 9.17) is 11.0 Å². The van der Waals surface area contributed by atoms with Crippen molar-refractivity contribution in [2.75, 3.05) is 0 Å². The van der Waals surface area contributed by atoms with Gasteiger partial charge in [0.25, 0.3) is 0 Å². The first-order chi connectivity index (χ1) is 17.5. The molecule has 0 bridgehead atoms. The van der Waals surface area contributed by atoms with Crippen molar-refractivity contribution in [1.82, 2.24) is 0 Å². The molecule has 0 unspecified atom stereocenters. The summed E-state index contributed by atoms with van der Waals surface area (Å²) in [5.74, 6) is 0. The van der Waals surface area contributed by atoms with Crippen molar-refractivity contribution in [3.05, 3.63) is 76.5 Å². The number of pyridine rings is 1. The van der Waals surface area contributed by atoms with Gasteiger partial charge in [0.15, 0.2) is 6.20 Å². The van der Waals surface area contributed by atoms with E-state index in [2.05, 4.69) is 0 Å². The summed E-state index contributed by atoms with van der Waals surface area (Å²) in [4.78, 5) is 0. The maximum Gasteiger partial charge on any atom is 0.394 e. The summed E-state index contributed by atoms with van der Waals surface area (Å²) >= 11 is 0. The van der Waals surface area contributed by atoms with Crippen molar-refractivity contribution in [2.24, 2.45) is 12.5 Å². The van der Waals surface area contributed by atoms with Crippen LogP contribution in [0.3, 0.4) is 0 Å². The van der Waals surface area contributed by atoms with E-state index >= 15 is 0 Å². The molecular weight excluding hydrogens is 395 g/mol. The largest absolute Gasteiger partial charge is 0.394 e. The standard InChI is InChI=1S/C27H31F3N/c1-17-13-25(31(7)16-20(17)4)24-14-23(18(2)12-19(24)3)22-10-8-21(9-11-22)15-26(5,6)27(28,29)30/h8-14,16H,15H2,1-7H3/q+1/i2D3,4D3,15D2. The minimum absolute atomic E-state index is 0.0358. The van der Waals surface area contributed by atoms with E-state index in [0.29, 0.717) is 33.5 Å². The predicted molar refractivity (Wildman–Crippen MR) is 121 cm³/mol. The molecule has 1 nitrogen and oxygen atoms in total. The molecular formula is C27H31F3N+. The van der Waals surface area contributed by atoms with Crippen LogP contribution in [0, 0.1) is 33.0 Å². The van der Waals surface area contributed by atoms with Gasteiger partial charge in [0.1, 0.15) is 7.05 Å². The van der Waals surface area contributed by atoms with Crippen LogP contribution >= 0.6 is 0 Å². The molecule has 0 aliphatic rings. The minimum Gasteiger partial charge on any atom is -0.201 e. The molecule has 0 amide bonds. The Kier molecular flexibility index (Phi) is 3.79. The van der Waals surface area contributed by atoms with E-state index in [1.54, 1.807) is 37.6 Å². The first-order valence-electron chi connectivity index (χ1n) is 13.8. The maximum atomic E-state index is 13.6. The fourth-order valence-electron chi connectivity index (χ4n) is 3.40. The highest BCUT2D eigenvalue weighted by atomic mass is 19.4. The second kappa shape index (κ2) is 8.14. The average Bonchev–Trinajstić information content (AvgIpc) is 2.78. The molecule has 4 heteroatoms. The zero-order valence-electron chi connectivity index (χ0n) is 26.2. The number of aryl methyl sites for hydroxylation is 5. The van der Waals surface area contributed by atoms with Crippen LogP contribution in [0.1, 0.15) is 52.6 Å². The fraction of sp³-hybridized carbons (Fsp3) is 0.370. The highest BCUT2D eigenvalue weighted by molar-refractivity contribution is 5.76. The van der Waals surface area contributed by atoms with E-state index in [-0.39, 0.29) is 16.7 Å². The lowest BCUT2D eigenvalue weighted by molar-refractivity contribution is -0.660. The molecule has 0 aliphatic carbocycles. The summed E-state index contributed by atoms with van der Waals surface area (Å²) in [7, 11) is 1.69. The van der Waals surface area contributed by atoms with Crippen LogP contribution in [0.25, 0.3) is 22.4 Å². The van der Waals surface area contributed by atoms with Gasteiger partial charge in [-0.1, -0.05) is 44.2 Å². The Balaban J connectivity index is 2.22. The van der Waals surface area contributed by atoms with Gasteiger partial charge >= 0.3 is 6.18 Å². The lowest BCUT2D eigenvalue weighted by Gasteiger charge is -2.27. The summed E-state index contributed by atoms with van der Waals surface area (Å²) in [6.07, 6.45) is -6.02. The molecule has 0 fully saturated rings. The van der Waals surface area contributed by atoms with Crippen molar-refractivity contribution < 1.29 is 28.7 Å². The van der Waals surface area contributed by atoms with E-state index in [1.807, 2.05) is 0 Å². The molecule has 1 heterocycles. The van der Waals surface area contributed by atoms with Crippen molar-refractivity contribution in [2.45, 2.75) is 53.9 Å². The van der Waals surface area contributed by atoms with Crippen LogP contribution in [-0.4, -0.2) is 6.18 Å². The number of hydrogen-bond acceptors (Lipinski definition) is 0. The van der Waals surface area contributed by atoms with Crippen LogP contribution < -0.4 is 4.57 Å². The molecule has 0 N–H and O–H groups in total. The van der Waals surface area contributed by atoms with Crippen LogP contribution in [0.5, 0.6) is 0 Å². The third-order valence-corrected chi connectivity index (χ3v) is 5.48. The zero-order chi connectivity index (χ0) is 29.9. The van der Waals surface area contributed by atoms with E-state index < -0.39 is 31.7 Å². The zero-order valence-corrected chi connectivity index (χ0v) is 18.2. The molecule has 0 saturated heterocycles. The molecule has 3 rings (SSSR count). The summed E-state index contributed by atoms with van der Waals surface area (Å²) in [5, 5.41) is 0. The highest BCUT2D eigenvalue weighted by Gasteiger charge is 2.46. The monoisotopic (exact) mass is 434 g/mol. The van der Waals surface area contributed by atoms with Gasteiger partial charge in [-0.3, -0.25) is 0 Å². The summed E-state index contributed by atoms with van der Waals surface area (Å²) < 4.78 is 106. The number of hydrogen-bond donors (Lipinski definition) is 0. The highest BCUT2D eigenvalue weighted by Crippen LogP contribution is 2.40.